The third-order valence-electron chi connectivity index (χ3n) is 3.63. The summed E-state index contributed by atoms with van der Waals surface area (Å²) in [5.41, 5.74) is 2.48. The van der Waals surface area contributed by atoms with Crippen molar-refractivity contribution in [2.24, 2.45) is 0 Å². The maximum absolute atomic E-state index is 14.0. The first-order valence-electron chi connectivity index (χ1n) is 5.71. The molecule has 1 aliphatic carbocycles. The molecule has 2 aromatic rings. The molecule has 18 heavy (non-hydrogen) atoms. The molecule has 0 aromatic heterocycles. The Labute approximate surface area is 109 Å². The highest BCUT2D eigenvalue weighted by Gasteiger charge is 2.38. The summed E-state index contributed by atoms with van der Waals surface area (Å²) in [7, 11) is 0. The molecule has 0 N–H and O–H groups in total. The van der Waals surface area contributed by atoms with Crippen molar-refractivity contribution in [3.63, 3.8) is 0 Å². The zero-order valence-electron chi connectivity index (χ0n) is 10.0. The van der Waals surface area contributed by atoms with Crippen LogP contribution in [0.3, 0.4) is 0 Å². The molecule has 0 saturated heterocycles. The van der Waals surface area contributed by atoms with E-state index in [1.165, 1.54) is 6.07 Å². The molecule has 1 aliphatic rings. The van der Waals surface area contributed by atoms with Gasteiger partial charge in [-0.05, 0) is 34.9 Å². The van der Waals surface area contributed by atoms with Crippen molar-refractivity contribution in [1.82, 2.24) is 0 Å². The summed E-state index contributed by atoms with van der Waals surface area (Å²) < 4.78 is 27.4. The smallest absolute Gasteiger partial charge is 0.130 e. The van der Waals surface area contributed by atoms with E-state index in [1.807, 2.05) is 26.0 Å². The second-order valence-corrected chi connectivity index (χ2v) is 5.56. The lowest BCUT2D eigenvalue weighted by Crippen LogP contribution is -2.17. The van der Waals surface area contributed by atoms with Gasteiger partial charge in [-0.15, -0.1) is 0 Å². The summed E-state index contributed by atoms with van der Waals surface area (Å²) in [6, 6.07) is 7.72. The molecule has 0 atom stereocenters. The monoisotopic (exact) mass is 264 g/mol. The van der Waals surface area contributed by atoms with Crippen molar-refractivity contribution in [2.75, 3.05) is 0 Å². The zero-order chi connectivity index (χ0) is 13.1. The normalized spacial score (nSPS) is 15.4. The Morgan fingerprint density at radius 2 is 1.72 bits per heavy atom. The Hall–Kier alpha value is -1.41. The molecule has 3 rings (SSSR count). The first kappa shape index (κ1) is 11.7. The van der Waals surface area contributed by atoms with Crippen molar-refractivity contribution < 1.29 is 8.78 Å². The minimum absolute atomic E-state index is 0.493. The third kappa shape index (κ3) is 1.42. The molecule has 0 aliphatic heterocycles. The van der Waals surface area contributed by atoms with Gasteiger partial charge in [0.1, 0.15) is 11.6 Å². The molecule has 0 heterocycles. The maximum Gasteiger partial charge on any atom is 0.130 e. The van der Waals surface area contributed by atoms with Crippen LogP contribution in [0, 0.1) is 11.6 Å². The van der Waals surface area contributed by atoms with Crippen molar-refractivity contribution >= 4 is 11.6 Å². The number of halogens is 3. The minimum Gasteiger partial charge on any atom is -0.207 e. The lowest BCUT2D eigenvalue weighted by atomic mass is 9.82. The predicted octanol–water partition coefficient (Wildman–Crippen LogP) is 4.92. The molecular weight excluding hydrogens is 254 g/mol. The average Bonchev–Trinajstić information content (AvgIpc) is 2.47. The first-order valence-corrected chi connectivity index (χ1v) is 6.09. The highest BCUT2D eigenvalue weighted by Crippen LogP contribution is 2.50. The summed E-state index contributed by atoms with van der Waals surface area (Å²) in [6.07, 6.45) is 0. The van der Waals surface area contributed by atoms with Crippen LogP contribution in [0.4, 0.5) is 8.78 Å². The van der Waals surface area contributed by atoms with E-state index >= 15 is 0 Å². The molecule has 0 amide bonds. The van der Waals surface area contributed by atoms with Gasteiger partial charge >= 0.3 is 0 Å². The van der Waals surface area contributed by atoms with Crippen LogP contribution in [0.1, 0.15) is 25.0 Å². The molecule has 3 heteroatoms. The number of fused-ring (bicyclic) bond motifs is 3. The zero-order valence-corrected chi connectivity index (χ0v) is 10.8. The second-order valence-electron chi connectivity index (χ2n) is 5.13. The topological polar surface area (TPSA) is 0 Å². The molecule has 0 spiro atoms. The Morgan fingerprint density at radius 3 is 2.44 bits per heavy atom. The molecule has 0 fully saturated rings. The molecule has 0 saturated carbocycles. The molecule has 2 aromatic carbocycles. The van der Waals surface area contributed by atoms with E-state index < -0.39 is 17.0 Å². The van der Waals surface area contributed by atoms with E-state index in [1.54, 1.807) is 6.07 Å². The number of benzene rings is 2. The predicted molar refractivity (Wildman–Crippen MR) is 68.9 cm³/mol. The molecule has 0 bridgehead atoms. The quantitative estimate of drug-likeness (QED) is 0.633. The van der Waals surface area contributed by atoms with Crippen molar-refractivity contribution in [2.45, 2.75) is 19.3 Å². The van der Waals surface area contributed by atoms with E-state index in [4.69, 9.17) is 11.6 Å². The lowest BCUT2D eigenvalue weighted by molar-refractivity contribution is 0.541. The van der Waals surface area contributed by atoms with Crippen molar-refractivity contribution in [3.05, 3.63) is 58.1 Å². The minimum atomic E-state index is -0.551. The second kappa shape index (κ2) is 3.55. The molecule has 0 unspecified atom stereocenters. The van der Waals surface area contributed by atoms with Crippen molar-refractivity contribution in [1.29, 1.82) is 0 Å². The maximum atomic E-state index is 14.0. The fourth-order valence-corrected chi connectivity index (χ4v) is 3.00. The van der Waals surface area contributed by atoms with E-state index in [0.29, 0.717) is 16.1 Å². The molecular formula is C15H11ClF2. The standard InChI is InChI=1S/C15H11ClF2/c1-15(2)12-5-8(16)3-4-10(12)11-6-9(17)7-13(18)14(11)15/h3-7H,1-2H3. The van der Waals surface area contributed by atoms with Crippen LogP contribution >= 0.6 is 11.6 Å². The van der Waals surface area contributed by atoms with Gasteiger partial charge in [0.05, 0.1) is 0 Å². The average molecular weight is 265 g/mol. The summed E-state index contributed by atoms with van der Waals surface area (Å²) in [6.45, 7) is 3.85. The summed E-state index contributed by atoms with van der Waals surface area (Å²) in [5.74, 6) is -1.05. The first-order chi connectivity index (χ1) is 8.41. The van der Waals surface area contributed by atoms with Gasteiger partial charge in [0.2, 0.25) is 0 Å². The molecule has 0 nitrogen and oxygen atoms in total. The lowest BCUT2D eigenvalue weighted by Gasteiger charge is -2.21. The van der Waals surface area contributed by atoms with Gasteiger partial charge in [-0.3, -0.25) is 0 Å². The van der Waals surface area contributed by atoms with Gasteiger partial charge in [0, 0.05) is 22.1 Å². The molecule has 92 valence electrons. The van der Waals surface area contributed by atoms with E-state index in [0.717, 1.165) is 17.2 Å². The van der Waals surface area contributed by atoms with E-state index in [2.05, 4.69) is 0 Å². The van der Waals surface area contributed by atoms with Crippen LogP contribution in [0.25, 0.3) is 11.1 Å². The van der Waals surface area contributed by atoms with Gasteiger partial charge in [-0.25, -0.2) is 8.78 Å². The van der Waals surface area contributed by atoms with Crippen LogP contribution < -0.4 is 0 Å². The van der Waals surface area contributed by atoms with Crippen molar-refractivity contribution in [3.8, 4) is 11.1 Å². The summed E-state index contributed by atoms with van der Waals surface area (Å²) >= 11 is 6.00. The Morgan fingerprint density at radius 1 is 1.00 bits per heavy atom. The van der Waals surface area contributed by atoms with Crippen LogP contribution in [-0.2, 0) is 5.41 Å². The fourth-order valence-electron chi connectivity index (χ4n) is 2.82. The van der Waals surface area contributed by atoms with Gasteiger partial charge in [0.25, 0.3) is 0 Å². The number of hydrogen-bond acceptors (Lipinski definition) is 0. The SMILES string of the molecule is CC1(C)c2cc(Cl)ccc2-c2cc(F)cc(F)c21. The van der Waals surface area contributed by atoms with Crippen LogP contribution in [-0.4, -0.2) is 0 Å². The van der Waals surface area contributed by atoms with Gasteiger partial charge in [-0.1, -0.05) is 31.5 Å². The number of rotatable bonds is 0. The fraction of sp³-hybridized carbons (Fsp3) is 0.200. The number of hydrogen-bond donors (Lipinski definition) is 0. The van der Waals surface area contributed by atoms with Gasteiger partial charge in [-0.2, -0.15) is 0 Å². The van der Waals surface area contributed by atoms with Crippen LogP contribution in [0.2, 0.25) is 5.02 Å². The summed E-state index contributed by atoms with van der Waals surface area (Å²) in [4.78, 5) is 0. The van der Waals surface area contributed by atoms with Gasteiger partial charge in [0.15, 0.2) is 0 Å². The largest absolute Gasteiger partial charge is 0.207 e. The summed E-state index contributed by atoms with van der Waals surface area (Å²) in [5, 5.41) is 0.607. The molecule has 0 radical (unpaired) electrons. The highest BCUT2D eigenvalue weighted by molar-refractivity contribution is 6.30. The Balaban J connectivity index is 2.42. The van der Waals surface area contributed by atoms with Crippen LogP contribution in [0.5, 0.6) is 0 Å². The van der Waals surface area contributed by atoms with Gasteiger partial charge < -0.3 is 0 Å². The Bertz CT molecular complexity index is 660. The van der Waals surface area contributed by atoms with Crippen LogP contribution in [0.15, 0.2) is 30.3 Å². The van der Waals surface area contributed by atoms with E-state index in [-0.39, 0.29) is 0 Å². The Kier molecular flexibility index (Phi) is 2.30. The third-order valence-corrected chi connectivity index (χ3v) is 3.86. The highest BCUT2D eigenvalue weighted by atomic mass is 35.5. The van der Waals surface area contributed by atoms with E-state index in [9.17, 15) is 8.78 Å².